The average molecular weight is 389 g/mol. The van der Waals surface area contributed by atoms with Crippen LogP contribution in [0.3, 0.4) is 0 Å². The summed E-state index contributed by atoms with van der Waals surface area (Å²) in [6.07, 6.45) is 2.80. The van der Waals surface area contributed by atoms with E-state index in [4.69, 9.17) is 9.47 Å². The highest BCUT2D eigenvalue weighted by Gasteiger charge is 2.31. The van der Waals surface area contributed by atoms with Crippen LogP contribution in [0.1, 0.15) is 29.6 Å². The van der Waals surface area contributed by atoms with Crippen molar-refractivity contribution in [3.05, 3.63) is 23.8 Å². The van der Waals surface area contributed by atoms with Gasteiger partial charge in [0.1, 0.15) is 12.4 Å². The molecule has 1 aliphatic carbocycles. The van der Waals surface area contributed by atoms with Gasteiger partial charge in [0, 0.05) is 46.9 Å². The number of methoxy groups -OCH3 is 1. The van der Waals surface area contributed by atoms with Gasteiger partial charge in [-0.1, -0.05) is 0 Å². The molecule has 0 spiro atoms. The van der Waals surface area contributed by atoms with E-state index in [1.165, 1.54) is 12.8 Å². The van der Waals surface area contributed by atoms with Crippen molar-refractivity contribution in [3.63, 3.8) is 0 Å². The van der Waals surface area contributed by atoms with E-state index in [0.717, 1.165) is 18.0 Å². The smallest absolute Gasteiger partial charge is 0.253 e. The molecule has 1 fully saturated rings. The first-order valence-corrected chi connectivity index (χ1v) is 9.88. The highest BCUT2D eigenvalue weighted by atomic mass is 16.5. The molecule has 2 aliphatic rings. The van der Waals surface area contributed by atoms with E-state index < -0.39 is 0 Å². The number of amides is 2. The molecule has 1 heterocycles. The Labute approximate surface area is 167 Å². The van der Waals surface area contributed by atoms with Gasteiger partial charge in [-0.3, -0.25) is 9.59 Å². The van der Waals surface area contributed by atoms with Crippen LogP contribution in [0.2, 0.25) is 0 Å². The molecule has 7 heteroatoms. The Morgan fingerprint density at radius 1 is 1.29 bits per heavy atom. The van der Waals surface area contributed by atoms with E-state index in [1.807, 2.05) is 24.1 Å². The van der Waals surface area contributed by atoms with Gasteiger partial charge in [0.2, 0.25) is 5.91 Å². The summed E-state index contributed by atoms with van der Waals surface area (Å²) in [5, 5.41) is 0. The van der Waals surface area contributed by atoms with Crippen LogP contribution in [-0.2, 0) is 9.53 Å². The second-order valence-corrected chi connectivity index (χ2v) is 7.94. The van der Waals surface area contributed by atoms with Gasteiger partial charge in [0.15, 0.2) is 0 Å². The minimum Gasteiger partial charge on any atom is -0.489 e. The summed E-state index contributed by atoms with van der Waals surface area (Å²) in [4.78, 5) is 30.8. The molecule has 1 aromatic carbocycles. The van der Waals surface area contributed by atoms with Crippen LogP contribution in [0, 0.1) is 5.92 Å². The van der Waals surface area contributed by atoms with Crippen LogP contribution >= 0.6 is 0 Å². The van der Waals surface area contributed by atoms with Crippen LogP contribution in [-0.4, -0.2) is 82.2 Å². The predicted molar refractivity (Wildman–Crippen MR) is 108 cm³/mol. The monoisotopic (exact) mass is 389 g/mol. The fourth-order valence-corrected chi connectivity index (χ4v) is 3.46. The third-order valence-corrected chi connectivity index (χ3v) is 5.47. The van der Waals surface area contributed by atoms with Crippen LogP contribution < -0.4 is 9.64 Å². The van der Waals surface area contributed by atoms with Crippen molar-refractivity contribution in [2.75, 3.05) is 59.5 Å². The molecule has 0 saturated heterocycles. The van der Waals surface area contributed by atoms with Gasteiger partial charge in [-0.25, -0.2) is 0 Å². The van der Waals surface area contributed by atoms with Crippen molar-refractivity contribution in [2.24, 2.45) is 5.92 Å². The highest BCUT2D eigenvalue weighted by Crippen LogP contribution is 2.35. The van der Waals surface area contributed by atoms with Crippen LogP contribution in [0.5, 0.6) is 5.75 Å². The van der Waals surface area contributed by atoms with Gasteiger partial charge in [0.25, 0.3) is 5.91 Å². The number of likely N-dealkylation sites (N-methyl/N-ethyl adjacent to an activating group) is 1. The topological polar surface area (TPSA) is 62.3 Å². The standard InChI is InChI=1S/C21H31N3O4/c1-22(2)21(26)16-7-8-19-18(11-16)23(3)17(14-28-19)12-20(25)24(9-10-27-4)13-15-5-6-15/h7-8,11,15,17H,5-6,9-10,12-14H2,1-4H3. The molecule has 0 N–H and O–H groups in total. The number of rotatable bonds is 8. The van der Waals surface area contributed by atoms with E-state index in [2.05, 4.69) is 4.90 Å². The maximum Gasteiger partial charge on any atom is 0.253 e. The number of ether oxygens (including phenoxy) is 2. The second-order valence-electron chi connectivity index (χ2n) is 7.94. The number of nitrogens with zero attached hydrogens (tertiary/aromatic N) is 3. The number of fused-ring (bicyclic) bond motifs is 1. The predicted octanol–water partition coefficient (Wildman–Crippen LogP) is 1.86. The first kappa shape index (κ1) is 20.5. The molecule has 3 rings (SSSR count). The lowest BCUT2D eigenvalue weighted by Gasteiger charge is -2.37. The molecule has 1 aromatic rings. The molecule has 0 aromatic heterocycles. The van der Waals surface area contributed by atoms with Gasteiger partial charge in [0.05, 0.1) is 24.8 Å². The Bertz CT molecular complexity index is 718. The Morgan fingerprint density at radius 3 is 2.68 bits per heavy atom. The zero-order chi connectivity index (χ0) is 20.3. The third-order valence-electron chi connectivity index (χ3n) is 5.47. The fourth-order valence-electron chi connectivity index (χ4n) is 3.46. The number of carbonyl (C=O) groups excluding carboxylic acids is 2. The average Bonchev–Trinajstić information content (AvgIpc) is 3.50. The molecule has 154 valence electrons. The van der Waals surface area contributed by atoms with Crippen LogP contribution in [0.4, 0.5) is 5.69 Å². The first-order valence-electron chi connectivity index (χ1n) is 9.88. The number of anilines is 1. The molecule has 2 amide bonds. The van der Waals surface area contributed by atoms with Crippen molar-refractivity contribution >= 4 is 17.5 Å². The van der Waals surface area contributed by atoms with Gasteiger partial charge >= 0.3 is 0 Å². The van der Waals surface area contributed by atoms with E-state index in [9.17, 15) is 9.59 Å². The lowest BCUT2D eigenvalue weighted by Crippen LogP contribution is -2.45. The first-order chi connectivity index (χ1) is 13.4. The lowest BCUT2D eigenvalue weighted by atomic mass is 10.1. The molecule has 1 saturated carbocycles. The molecule has 1 aliphatic heterocycles. The van der Waals surface area contributed by atoms with E-state index in [0.29, 0.717) is 37.7 Å². The fraction of sp³-hybridized carbons (Fsp3) is 0.619. The zero-order valence-corrected chi connectivity index (χ0v) is 17.3. The molecule has 7 nitrogen and oxygen atoms in total. The third kappa shape index (κ3) is 4.76. The van der Waals surface area contributed by atoms with Gasteiger partial charge < -0.3 is 24.2 Å². The second kappa shape index (κ2) is 8.82. The molecule has 1 atom stereocenters. The molecule has 0 bridgehead atoms. The summed E-state index contributed by atoms with van der Waals surface area (Å²) in [6.45, 7) is 2.45. The SMILES string of the molecule is COCCN(CC1CC1)C(=O)CC1COc2ccc(C(=O)N(C)C)cc2N1C. The van der Waals surface area contributed by atoms with Gasteiger partial charge in [-0.15, -0.1) is 0 Å². The summed E-state index contributed by atoms with van der Waals surface area (Å²) in [5.41, 5.74) is 1.46. The van der Waals surface area contributed by atoms with Crippen molar-refractivity contribution < 1.29 is 19.1 Å². The summed E-state index contributed by atoms with van der Waals surface area (Å²) < 4.78 is 11.1. The van der Waals surface area contributed by atoms with Crippen LogP contribution in [0.25, 0.3) is 0 Å². The van der Waals surface area contributed by atoms with Crippen molar-refractivity contribution in [1.29, 1.82) is 0 Å². The van der Waals surface area contributed by atoms with Gasteiger partial charge in [-0.2, -0.15) is 0 Å². The highest BCUT2D eigenvalue weighted by molar-refractivity contribution is 5.95. The normalized spacial score (nSPS) is 18.3. The van der Waals surface area contributed by atoms with Crippen molar-refractivity contribution in [1.82, 2.24) is 9.80 Å². The van der Waals surface area contributed by atoms with Gasteiger partial charge in [-0.05, 0) is 37.0 Å². The Kier molecular flexibility index (Phi) is 6.44. The Hall–Kier alpha value is -2.28. The summed E-state index contributed by atoms with van der Waals surface area (Å²) >= 11 is 0. The molecule has 0 radical (unpaired) electrons. The zero-order valence-electron chi connectivity index (χ0n) is 17.3. The number of benzene rings is 1. The molecule has 1 unspecified atom stereocenters. The summed E-state index contributed by atoms with van der Waals surface area (Å²) in [5.74, 6) is 1.47. The van der Waals surface area contributed by atoms with E-state index >= 15 is 0 Å². The number of hydrogen-bond acceptors (Lipinski definition) is 5. The Morgan fingerprint density at radius 2 is 2.04 bits per heavy atom. The minimum absolute atomic E-state index is 0.0513. The van der Waals surface area contributed by atoms with Crippen molar-refractivity contribution in [2.45, 2.75) is 25.3 Å². The maximum atomic E-state index is 12.9. The molecule has 28 heavy (non-hydrogen) atoms. The van der Waals surface area contributed by atoms with E-state index in [1.54, 1.807) is 32.2 Å². The summed E-state index contributed by atoms with van der Waals surface area (Å²) in [7, 11) is 7.09. The minimum atomic E-state index is -0.0612. The lowest BCUT2D eigenvalue weighted by molar-refractivity contribution is -0.132. The largest absolute Gasteiger partial charge is 0.489 e. The number of hydrogen-bond donors (Lipinski definition) is 0. The Balaban J connectivity index is 1.69. The quantitative estimate of drug-likeness (QED) is 0.679. The van der Waals surface area contributed by atoms with E-state index in [-0.39, 0.29) is 17.9 Å². The molecular formula is C21H31N3O4. The summed E-state index contributed by atoms with van der Waals surface area (Å²) in [6, 6.07) is 5.40. The van der Waals surface area contributed by atoms with Crippen molar-refractivity contribution in [3.8, 4) is 5.75 Å². The number of carbonyl (C=O) groups is 2. The maximum absolute atomic E-state index is 12.9. The molecular weight excluding hydrogens is 358 g/mol. The van der Waals surface area contributed by atoms with Crippen LogP contribution in [0.15, 0.2) is 18.2 Å².